The van der Waals surface area contributed by atoms with Crippen LogP contribution in [-0.4, -0.2) is 31.6 Å². The van der Waals surface area contributed by atoms with Crippen LogP contribution in [0.15, 0.2) is 24.3 Å². The summed E-state index contributed by atoms with van der Waals surface area (Å²) in [5.41, 5.74) is 7.36. The van der Waals surface area contributed by atoms with Crippen molar-refractivity contribution in [3.63, 3.8) is 0 Å². The van der Waals surface area contributed by atoms with Crippen molar-refractivity contribution in [2.24, 2.45) is 5.73 Å². The highest BCUT2D eigenvalue weighted by Crippen LogP contribution is 2.18. The number of nitrogens with two attached hydrogens (primary N) is 1. The van der Waals surface area contributed by atoms with Crippen LogP contribution in [0.5, 0.6) is 5.75 Å². The smallest absolute Gasteiger partial charge is 0.118 e. The lowest BCUT2D eigenvalue weighted by molar-refractivity contribution is 0.291. The SMILES string of the molecule is CCN(CC)CCC(N)c1ccc(OC)cc1. The van der Waals surface area contributed by atoms with Crippen LogP contribution in [0.1, 0.15) is 31.9 Å². The van der Waals surface area contributed by atoms with Crippen molar-refractivity contribution in [3.8, 4) is 5.75 Å². The summed E-state index contributed by atoms with van der Waals surface area (Å²) in [5, 5.41) is 0. The molecule has 0 aliphatic rings. The van der Waals surface area contributed by atoms with Gasteiger partial charge in [0, 0.05) is 6.04 Å². The van der Waals surface area contributed by atoms with E-state index >= 15 is 0 Å². The molecule has 3 nitrogen and oxygen atoms in total. The van der Waals surface area contributed by atoms with Gasteiger partial charge in [0.1, 0.15) is 5.75 Å². The topological polar surface area (TPSA) is 38.5 Å². The van der Waals surface area contributed by atoms with Gasteiger partial charge in [-0.2, -0.15) is 0 Å². The van der Waals surface area contributed by atoms with Crippen molar-refractivity contribution in [2.75, 3.05) is 26.7 Å². The fourth-order valence-corrected chi connectivity index (χ4v) is 1.88. The molecule has 1 unspecified atom stereocenters. The van der Waals surface area contributed by atoms with E-state index in [-0.39, 0.29) is 6.04 Å². The van der Waals surface area contributed by atoms with Gasteiger partial charge < -0.3 is 15.4 Å². The molecule has 0 saturated carbocycles. The number of hydrogen-bond acceptors (Lipinski definition) is 3. The van der Waals surface area contributed by atoms with E-state index in [2.05, 4.69) is 18.7 Å². The molecular formula is C14H24N2O. The van der Waals surface area contributed by atoms with Gasteiger partial charge >= 0.3 is 0 Å². The van der Waals surface area contributed by atoms with Gasteiger partial charge in [-0.3, -0.25) is 0 Å². The molecule has 96 valence electrons. The molecule has 0 heterocycles. The van der Waals surface area contributed by atoms with Gasteiger partial charge in [-0.15, -0.1) is 0 Å². The Labute approximate surface area is 105 Å². The van der Waals surface area contributed by atoms with E-state index in [4.69, 9.17) is 10.5 Å². The van der Waals surface area contributed by atoms with Crippen LogP contribution in [0.2, 0.25) is 0 Å². The number of nitrogens with zero attached hydrogens (tertiary/aromatic N) is 1. The lowest BCUT2D eigenvalue weighted by atomic mass is 10.0. The van der Waals surface area contributed by atoms with Crippen molar-refractivity contribution in [3.05, 3.63) is 29.8 Å². The molecule has 1 aromatic rings. The summed E-state index contributed by atoms with van der Waals surface area (Å²) in [4.78, 5) is 2.39. The predicted molar refractivity (Wildman–Crippen MR) is 72.3 cm³/mol. The maximum Gasteiger partial charge on any atom is 0.118 e. The van der Waals surface area contributed by atoms with Crippen molar-refractivity contribution in [2.45, 2.75) is 26.3 Å². The summed E-state index contributed by atoms with van der Waals surface area (Å²) in [6.07, 6.45) is 0.994. The Balaban J connectivity index is 2.48. The highest BCUT2D eigenvalue weighted by Gasteiger charge is 2.08. The first-order valence-electron chi connectivity index (χ1n) is 6.33. The number of methoxy groups -OCH3 is 1. The molecule has 1 rings (SSSR count). The highest BCUT2D eigenvalue weighted by molar-refractivity contribution is 5.28. The predicted octanol–water partition coefficient (Wildman–Crippen LogP) is 2.43. The minimum absolute atomic E-state index is 0.113. The van der Waals surface area contributed by atoms with Crippen LogP contribution in [0.4, 0.5) is 0 Å². The third-order valence-electron chi connectivity index (χ3n) is 3.19. The van der Waals surface area contributed by atoms with Crippen LogP contribution < -0.4 is 10.5 Å². The number of benzene rings is 1. The summed E-state index contributed by atoms with van der Waals surface area (Å²) in [6, 6.07) is 8.14. The summed E-state index contributed by atoms with van der Waals surface area (Å²) >= 11 is 0. The summed E-state index contributed by atoms with van der Waals surface area (Å²) < 4.78 is 5.13. The first-order chi connectivity index (χ1) is 8.21. The minimum Gasteiger partial charge on any atom is -0.497 e. The molecule has 2 N–H and O–H groups in total. The molecule has 0 amide bonds. The Morgan fingerprint density at radius 1 is 1.18 bits per heavy atom. The van der Waals surface area contributed by atoms with Crippen LogP contribution in [0.25, 0.3) is 0 Å². The van der Waals surface area contributed by atoms with Crippen LogP contribution in [-0.2, 0) is 0 Å². The Morgan fingerprint density at radius 3 is 2.24 bits per heavy atom. The number of ether oxygens (including phenoxy) is 1. The fourth-order valence-electron chi connectivity index (χ4n) is 1.88. The van der Waals surface area contributed by atoms with Crippen LogP contribution in [0.3, 0.4) is 0 Å². The van der Waals surface area contributed by atoms with Gasteiger partial charge in [0.05, 0.1) is 7.11 Å². The van der Waals surface area contributed by atoms with Crippen molar-refractivity contribution in [1.82, 2.24) is 4.90 Å². The molecule has 0 fully saturated rings. The molecule has 0 radical (unpaired) electrons. The zero-order valence-electron chi connectivity index (χ0n) is 11.1. The van der Waals surface area contributed by atoms with Crippen LogP contribution >= 0.6 is 0 Å². The lowest BCUT2D eigenvalue weighted by Gasteiger charge is -2.20. The Kier molecular flexibility index (Phi) is 6.01. The molecule has 3 heteroatoms. The largest absolute Gasteiger partial charge is 0.497 e. The second kappa shape index (κ2) is 7.30. The quantitative estimate of drug-likeness (QED) is 0.790. The number of hydrogen-bond donors (Lipinski definition) is 1. The van der Waals surface area contributed by atoms with Gasteiger partial charge in [0.25, 0.3) is 0 Å². The maximum absolute atomic E-state index is 6.18. The van der Waals surface area contributed by atoms with Crippen LogP contribution in [0, 0.1) is 0 Å². The second-order valence-electron chi connectivity index (χ2n) is 4.20. The third kappa shape index (κ3) is 4.36. The van der Waals surface area contributed by atoms with Crippen molar-refractivity contribution < 1.29 is 4.74 Å². The van der Waals surface area contributed by atoms with Gasteiger partial charge in [-0.1, -0.05) is 26.0 Å². The van der Waals surface area contributed by atoms with Gasteiger partial charge in [-0.25, -0.2) is 0 Å². The zero-order chi connectivity index (χ0) is 12.7. The summed E-state index contributed by atoms with van der Waals surface area (Å²) in [7, 11) is 1.68. The first-order valence-corrected chi connectivity index (χ1v) is 6.33. The van der Waals surface area contributed by atoms with E-state index in [0.29, 0.717) is 0 Å². The van der Waals surface area contributed by atoms with E-state index in [1.807, 2.05) is 24.3 Å². The summed E-state index contributed by atoms with van der Waals surface area (Å²) in [6.45, 7) is 7.60. The Morgan fingerprint density at radius 2 is 1.76 bits per heavy atom. The van der Waals surface area contributed by atoms with E-state index in [1.165, 1.54) is 5.56 Å². The molecule has 0 spiro atoms. The van der Waals surface area contributed by atoms with Crippen molar-refractivity contribution >= 4 is 0 Å². The normalized spacial score (nSPS) is 12.8. The molecule has 0 aliphatic carbocycles. The standard InChI is InChI=1S/C14H24N2O/c1-4-16(5-2)11-10-14(15)12-6-8-13(17-3)9-7-12/h6-9,14H,4-5,10-11,15H2,1-3H3. The molecule has 1 aromatic carbocycles. The number of rotatable bonds is 7. The van der Waals surface area contributed by atoms with E-state index in [1.54, 1.807) is 7.11 Å². The van der Waals surface area contributed by atoms with Gasteiger partial charge in [-0.05, 0) is 43.8 Å². The van der Waals surface area contributed by atoms with Gasteiger partial charge in [0.2, 0.25) is 0 Å². The average Bonchev–Trinajstić information content (AvgIpc) is 2.39. The molecular weight excluding hydrogens is 212 g/mol. The molecule has 1 atom stereocenters. The summed E-state index contributed by atoms with van der Waals surface area (Å²) in [5.74, 6) is 0.879. The molecule has 0 aliphatic heterocycles. The lowest BCUT2D eigenvalue weighted by Crippen LogP contribution is -2.27. The van der Waals surface area contributed by atoms with E-state index in [0.717, 1.165) is 31.8 Å². The van der Waals surface area contributed by atoms with Gasteiger partial charge in [0.15, 0.2) is 0 Å². The fraction of sp³-hybridized carbons (Fsp3) is 0.571. The second-order valence-corrected chi connectivity index (χ2v) is 4.20. The monoisotopic (exact) mass is 236 g/mol. The molecule has 0 saturated heterocycles. The Bertz CT molecular complexity index is 307. The maximum atomic E-state index is 6.18. The van der Waals surface area contributed by atoms with E-state index < -0.39 is 0 Å². The first kappa shape index (κ1) is 14.0. The highest BCUT2D eigenvalue weighted by atomic mass is 16.5. The average molecular weight is 236 g/mol. The molecule has 17 heavy (non-hydrogen) atoms. The third-order valence-corrected chi connectivity index (χ3v) is 3.19. The van der Waals surface area contributed by atoms with E-state index in [9.17, 15) is 0 Å². The van der Waals surface area contributed by atoms with Crippen molar-refractivity contribution in [1.29, 1.82) is 0 Å². The molecule has 0 bridgehead atoms. The zero-order valence-corrected chi connectivity index (χ0v) is 11.1. The Hall–Kier alpha value is -1.06. The minimum atomic E-state index is 0.113. The molecule has 0 aromatic heterocycles.